The highest BCUT2D eigenvalue weighted by Gasteiger charge is 2.35. The number of ether oxygens (including phenoxy) is 1. The van der Waals surface area contributed by atoms with E-state index in [0.29, 0.717) is 20.7 Å². The Morgan fingerprint density at radius 3 is 2.61 bits per heavy atom. The first-order valence-electron chi connectivity index (χ1n) is 9.97. The normalized spacial score (nSPS) is 14.9. The van der Waals surface area contributed by atoms with Crippen molar-refractivity contribution in [3.8, 4) is 5.75 Å². The van der Waals surface area contributed by atoms with Gasteiger partial charge in [-0.25, -0.2) is 0 Å². The standard InChI is InChI=1S/C25H18BrCl2NO3S/c1-15-3-2-4-17(9-15)13-29-24(30)23(33-25(29)31)11-16-5-8-22(20(26)10-16)32-14-18-6-7-19(27)12-21(18)28/h2-12H,13-14H2,1H3/b23-11-. The van der Waals surface area contributed by atoms with Gasteiger partial charge in [-0.15, -0.1) is 0 Å². The van der Waals surface area contributed by atoms with Crippen LogP contribution < -0.4 is 4.74 Å². The second-order valence-corrected chi connectivity index (χ2v) is 10.2. The van der Waals surface area contributed by atoms with E-state index < -0.39 is 0 Å². The summed E-state index contributed by atoms with van der Waals surface area (Å²) in [6, 6.07) is 18.5. The molecule has 33 heavy (non-hydrogen) atoms. The third-order valence-electron chi connectivity index (χ3n) is 4.95. The summed E-state index contributed by atoms with van der Waals surface area (Å²) in [6.07, 6.45) is 1.71. The number of nitrogens with zero attached hydrogens (tertiary/aromatic N) is 1. The average molecular weight is 563 g/mol. The van der Waals surface area contributed by atoms with Crippen LogP contribution in [0.25, 0.3) is 6.08 Å². The van der Waals surface area contributed by atoms with E-state index in [0.717, 1.165) is 38.5 Å². The minimum atomic E-state index is -0.291. The molecule has 8 heteroatoms. The van der Waals surface area contributed by atoms with Gasteiger partial charge < -0.3 is 4.74 Å². The lowest BCUT2D eigenvalue weighted by atomic mass is 10.1. The minimum Gasteiger partial charge on any atom is -0.488 e. The van der Waals surface area contributed by atoms with Crippen molar-refractivity contribution < 1.29 is 14.3 Å². The number of hydrogen-bond acceptors (Lipinski definition) is 4. The molecule has 1 aliphatic rings. The Morgan fingerprint density at radius 1 is 1.06 bits per heavy atom. The molecule has 4 nitrogen and oxygen atoms in total. The number of aryl methyl sites for hydroxylation is 1. The second kappa shape index (κ2) is 10.3. The number of carbonyl (C=O) groups is 2. The number of thioether (sulfide) groups is 1. The van der Waals surface area contributed by atoms with Crippen LogP contribution in [-0.4, -0.2) is 16.0 Å². The van der Waals surface area contributed by atoms with Gasteiger partial charge in [0.1, 0.15) is 12.4 Å². The predicted octanol–water partition coefficient (Wildman–Crippen LogP) is 7.88. The Hall–Kier alpha value is -2.25. The summed E-state index contributed by atoms with van der Waals surface area (Å²) < 4.78 is 6.59. The Bertz CT molecular complexity index is 1280. The maximum atomic E-state index is 12.8. The van der Waals surface area contributed by atoms with Crippen LogP contribution in [0.15, 0.2) is 70.0 Å². The van der Waals surface area contributed by atoms with Crippen LogP contribution >= 0.6 is 50.9 Å². The van der Waals surface area contributed by atoms with Crippen LogP contribution in [0, 0.1) is 6.92 Å². The molecule has 3 aromatic carbocycles. The third-order valence-corrected chi connectivity index (χ3v) is 7.06. The van der Waals surface area contributed by atoms with Crippen LogP contribution in [0.4, 0.5) is 4.79 Å². The molecule has 0 N–H and O–H groups in total. The number of carbonyl (C=O) groups excluding carboxylic acids is 2. The van der Waals surface area contributed by atoms with Crippen molar-refractivity contribution in [3.63, 3.8) is 0 Å². The van der Waals surface area contributed by atoms with Crippen LogP contribution in [0.2, 0.25) is 10.0 Å². The average Bonchev–Trinajstić information content (AvgIpc) is 3.01. The molecule has 1 saturated heterocycles. The fourth-order valence-corrected chi connectivity index (χ4v) is 5.11. The van der Waals surface area contributed by atoms with E-state index in [2.05, 4.69) is 15.9 Å². The molecule has 1 aliphatic heterocycles. The highest BCUT2D eigenvalue weighted by Crippen LogP contribution is 2.35. The number of halogens is 3. The predicted molar refractivity (Wildman–Crippen MR) is 138 cm³/mol. The van der Waals surface area contributed by atoms with Crippen molar-refractivity contribution in [1.29, 1.82) is 0 Å². The summed E-state index contributed by atoms with van der Waals surface area (Å²) in [5, 5.41) is 0.834. The molecule has 0 bridgehead atoms. The lowest BCUT2D eigenvalue weighted by Gasteiger charge is -2.12. The van der Waals surface area contributed by atoms with Crippen molar-refractivity contribution >= 4 is 68.1 Å². The first-order valence-corrected chi connectivity index (χ1v) is 12.3. The Balaban J connectivity index is 1.46. The van der Waals surface area contributed by atoms with Crippen LogP contribution in [0.1, 0.15) is 22.3 Å². The fourth-order valence-electron chi connectivity index (χ4n) is 3.30. The topological polar surface area (TPSA) is 46.6 Å². The van der Waals surface area contributed by atoms with Crippen LogP contribution in [0.3, 0.4) is 0 Å². The van der Waals surface area contributed by atoms with Gasteiger partial charge in [-0.05, 0) is 76.1 Å². The molecule has 0 spiro atoms. The molecule has 0 atom stereocenters. The molecule has 0 unspecified atom stereocenters. The van der Waals surface area contributed by atoms with Gasteiger partial charge in [0.15, 0.2) is 0 Å². The summed E-state index contributed by atoms with van der Waals surface area (Å²) in [6.45, 7) is 2.52. The molecule has 0 saturated carbocycles. The van der Waals surface area contributed by atoms with E-state index >= 15 is 0 Å². The molecular formula is C25H18BrCl2NO3S. The summed E-state index contributed by atoms with van der Waals surface area (Å²) in [7, 11) is 0. The Kier molecular flexibility index (Phi) is 7.49. The maximum Gasteiger partial charge on any atom is 0.293 e. The number of rotatable bonds is 6. The maximum absolute atomic E-state index is 12.8. The van der Waals surface area contributed by atoms with Gasteiger partial charge in [-0.3, -0.25) is 14.5 Å². The zero-order valence-electron chi connectivity index (χ0n) is 17.5. The minimum absolute atomic E-state index is 0.257. The van der Waals surface area contributed by atoms with Crippen molar-refractivity contribution in [2.45, 2.75) is 20.1 Å². The smallest absolute Gasteiger partial charge is 0.293 e. The van der Waals surface area contributed by atoms with Gasteiger partial charge in [-0.2, -0.15) is 0 Å². The lowest BCUT2D eigenvalue weighted by Crippen LogP contribution is -2.27. The van der Waals surface area contributed by atoms with Gasteiger partial charge in [0.05, 0.1) is 15.9 Å². The number of hydrogen-bond donors (Lipinski definition) is 0. The Morgan fingerprint density at radius 2 is 1.88 bits per heavy atom. The van der Waals surface area contributed by atoms with Crippen molar-refractivity contribution in [3.05, 3.63) is 102 Å². The van der Waals surface area contributed by atoms with E-state index in [-0.39, 0.29) is 24.3 Å². The monoisotopic (exact) mass is 561 g/mol. The van der Waals surface area contributed by atoms with Gasteiger partial charge in [0.25, 0.3) is 11.1 Å². The summed E-state index contributed by atoms with van der Waals surface area (Å²) in [4.78, 5) is 26.9. The largest absolute Gasteiger partial charge is 0.488 e. The SMILES string of the molecule is Cc1cccc(CN2C(=O)S/C(=C\c3ccc(OCc4ccc(Cl)cc4Cl)c(Br)c3)C2=O)c1. The number of imide groups is 1. The molecule has 0 radical (unpaired) electrons. The highest BCUT2D eigenvalue weighted by atomic mass is 79.9. The first kappa shape index (κ1) is 23.9. The summed E-state index contributed by atoms with van der Waals surface area (Å²) >= 11 is 16.6. The molecule has 3 aromatic rings. The second-order valence-electron chi connectivity index (χ2n) is 7.47. The van der Waals surface area contributed by atoms with E-state index in [1.54, 1.807) is 24.3 Å². The van der Waals surface area contributed by atoms with Gasteiger partial charge >= 0.3 is 0 Å². The third kappa shape index (κ3) is 5.82. The molecule has 0 aromatic heterocycles. The number of amides is 2. The zero-order chi connectivity index (χ0) is 23.5. The zero-order valence-corrected chi connectivity index (χ0v) is 21.4. The molecule has 2 amide bonds. The van der Waals surface area contributed by atoms with Gasteiger partial charge in [-0.1, -0.05) is 65.2 Å². The first-order chi connectivity index (χ1) is 15.8. The summed E-state index contributed by atoms with van der Waals surface area (Å²) in [5.74, 6) is 0.339. The molecule has 4 rings (SSSR count). The molecule has 168 valence electrons. The van der Waals surface area contributed by atoms with E-state index in [1.807, 2.05) is 49.4 Å². The molecule has 0 aliphatic carbocycles. The van der Waals surface area contributed by atoms with E-state index in [9.17, 15) is 9.59 Å². The van der Waals surface area contributed by atoms with Gasteiger partial charge in [0, 0.05) is 15.6 Å². The Labute approximate surface area is 214 Å². The van der Waals surface area contributed by atoms with Crippen molar-refractivity contribution in [2.24, 2.45) is 0 Å². The molecule has 1 fully saturated rings. The quantitative estimate of drug-likeness (QED) is 0.287. The van der Waals surface area contributed by atoms with Crippen LogP contribution in [0.5, 0.6) is 5.75 Å². The van der Waals surface area contributed by atoms with E-state index in [1.165, 1.54) is 4.90 Å². The molecule has 1 heterocycles. The van der Waals surface area contributed by atoms with Gasteiger partial charge in [0.2, 0.25) is 0 Å². The van der Waals surface area contributed by atoms with Crippen molar-refractivity contribution in [1.82, 2.24) is 4.90 Å². The van der Waals surface area contributed by atoms with Crippen molar-refractivity contribution in [2.75, 3.05) is 0 Å². The summed E-state index contributed by atoms with van der Waals surface area (Å²) in [5.41, 5.74) is 3.60. The fraction of sp³-hybridized carbons (Fsp3) is 0.120. The van der Waals surface area contributed by atoms with E-state index in [4.69, 9.17) is 27.9 Å². The number of benzene rings is 3. The lowest BCUT2D eigenvalue weighted by molar-refractivity contribution is -0.123. The highest BCUT2D eigenvalue weighted by molar-refractivity contribution is 9.10. The van der Waals surface area contributed by atoms with Crippen LogP contribution in [-0.2, 0) is 17.9 Å². The molecular weight excluding hydrogens is 545 g/mol.